The largest absolute Gasteiger partial charge is 0.381 e. The van der Waals surface area contributed by atoms with E-state index in [2.05, 4.69) is 20.8 Å². The first-order valence-corrected chi connectivity index (χ1v) is 6.51. The van der Waals surface area contributed by atoms with Crippen LogP contribution < -0.4 is 5.32 Å². The van der Waals surface area contributed by atoms with Crippen molar-refractivity contribution in [2.45, 2.75) is 6.54 Å². The van der Waals surface area contributed by atoms with Crippen molar-refractivity contribution in [2.24, 2.45) is 0 Å². The highest BCUT2D eigenvalue weighted by atomic mass is 35.5. The van der Waals surface area contributed by atoms with E-state index in [1.54, 1.807) is 11.0 Å². The van der Waals surface area contributed by atoms with Crippen LogP contribution in [0.2, 0.25) is 5.02 Å². The fourth-order valence-corrected chi connectivity index (χ4v) is 1.94. The zero-order valence-electron chi connectivity index (χ0n) is 10.6. The predicted octanol–water partition coefficient (Wildman–Crippen LogP) is 2.93. The van der Waals surface area contributed by atoms with E-state index in [1.165, 1.54) is 5.56 Å². The Hall–Kier alpha value is -2.40. The van der Waals surface area contributed by atoms with E-state index in [-0.39, 0.29) is 0 Å². The number of anilines is 1. The van der Waals surface area contributed by atoms with Crippen molar-refractivity contribution < 1.29 is 0 Å². The summed E-state index contributed by atoms with van der Waals surface area (Å²) in [5, 5.41) is 15.2. The van der Waals surface area contributed by atoms with E-state index >= 15 is 0 Å². The minimum Gasteiger partial charge on any atom is -0.381 e. The molecule has 0 bridgehead atoms. The van der Waals surface area contributed by atoms with Gasteiger partial charge in [-0.1, -0.05) is 23.7 Å². The lowest BCUT2D eigenvalue weighted by molar-refractivity contribution is 0.789. The van der Waals surface area contributed by atoms with Crippen LogP contribution in [0.3, 0.4) is 0 Å². The first-order chi connectivity index (χ1) is 9.81. The van der Waals surface area contributed by atoms with Crippen molar-refractivity contribution in [3.8, 4) is 5.69 Å². The number of aromatic nitrogens is 4. The summed E-state index contributed by atoms with van der Waals surface area (Å²) in [6, 6.07) is 15.7. The van der Waals surface area contributed by atoms with Gasteiger partial charge in [-0.25, -0.2) is 4.68 Å². The lowest BCUT2D eigenvalue weighted by Crippen LogP contribution is -2.00. The van der Waals surface area contributed by atoms with Gasteiger partial charge < -0.3 is 5.32 Å². The molecular formula is C14H12ClN5. The average molecular weight is 286 g/mol. The molecule has 1 heterocycles. The van der Waals surface area contributed by atoms with Crippen LogP contribution in [0.5, 0.6) is 0 Å². The molecule has 0 saturated heterocycles. The summed E-state index contributed by atoms with van der Waals surface area (Å²) in [6.07, 6.45) is 1.57. The molecule has 2 aromatic carbocycles. The van der Waals surface area contributed by atoms with E-state index in [9.17, 15) is 0 Å². The van der Waals surface area contributed by atoms with Crippen molar-refractivity contribution in [2.75, 3.05) is 5.32 Å². The van der Waals surface area contributed by atoms with Crippen molar-refractivity contribution in [1.29, 1.82) is 0 Å². The number of rotatable bonds is 4. The molecular weight excluding hydrogens is 274 g/mol. The molecule has 1 aromatic heterocycles. The average Bonchev–Trinajstić information content (AvgIpc) is 3.01. The fraction of sp³-hybridized carbons (Fsp3) is 0.0714. The lowest BCUT2D eigenvalue weighted by Gasteiger charge is -2.07. The molecule has 3 rings (SSSR count). The van der Waals surface area contributed by atoms with Crippen LogP contribution in [0, 0.1) is 0 Å². The van der Waals surface area contributed by atoms with E-state index in [1.807, 2.05) is 48.5 Å². The molecule has 20 heavy (non-hydrogen) atoms. The number of hydrogen-bond donors (Lipinski definition) is 1. The molecule has 0 atom stereocenters. The van der Waals surface area contributed by atoms with Gasteiger partial charge in [0.15, 0.2) is 0 Å². The highest BCUT2D eigenvalue weighted by molar-refractivity contribution is 6.30. The summed E-state index contributed by atoms with van der Waals surface area (Å²) >= 11 is 5.86. The zero-order chi connectivity index (χ0) is 13.8. The Labute approximate surface area is 121 Å². The molecule has 0 saturated carbocycles. The third kappa shape index (κ3) is 2.95. The minimum atomic E-state index is 0.750. The first kappa shape index (κ1) is 12.6. The Morgan fingerprint density at radius 1 is 1.00 bits per heavy atom. The van der Waals surface area contributed by atoms with Gasteiger partial charge in [0.1, 0.15) is 6.33 Å². The molecule has 0 spiro atoms. The molecule has 0 aliphatic heterocycles. The topological polar surface area (TPSA) is 55.6 Å². The number of nitrogens with one attached hydrogen (secondary N) is 1. The molecule has 0 unspecified atom stereocenters. The molecule has 0 aliphatic carbocycles. The maximum Gasteiger partial charge on any atom is 0.143 e. The van der Waals surface area contributed by atoms with Crippen LogP contribution >= 0.6 is 11.6 Å². The Morgan fingerprint density at radius 2 is 1.75 bits per heavy atom. The number of hydrogen-bond acceptors (Lipinski definition) is 4. The summed E-state index contributed by atoms with van der Waals surface area (Å²) in [7, 11) is 0. The Bertz CT molecular complexity index is 662. The Kier molecular flexibility index (Phi) is 3.60. The van der Waals surface area contributed by atoms with Gasteiger partial charge >= 0.3 is 0 Å². The van der Waals surface area contributed by atoms with Gasteiger partial charge in [0.05, 0.1) is 5.69 Å². The number of benzene rings is 2. The van der Waals surface area contributed by atoms with Crippen LogP contribution in [0.25, 0.3) is 5.69 Å². The molecule has 0 radical (unpaired) electrons. The third-order valence-electron chi connectivity index (χ3n) is 2.89. The minimum absolute atomic E-state index is 0.750. The summed E-state index contributed by atoms with van der Waals surface area (Å²) < 4.78 is 1.61. The molecule has 100 valence electrons. The van der Waals surface area contributed by atoms with Crippen LogP contribution in [0.1, 0.15) is 5.56 Å². The monoisotopic (exact) mass is 285 g/mol. The van der Waals surface area contributed by atoms with Gasteiger partial charge in [-0.15, -0.1) is 5.10 Å². The zero-order valence-corrected chi connectivity index (χ0v) is 11.3. The van der Waals surface area contributed by atoms with Crippen LogP contribution in [-0.4, -0.2) is 20.2 Å². The SMILES string of the molecule is Clc1ccc(CNc2ccc(-n3cnnn3)cc2)cc1. The highest BCUT2D eigenvalue weighted by Gasteiger charge is 1.98. The van der Waals surface area contributed by atoms with E-state index in [4.69, 9.17) is 11.6 Å². The maximum absolute atomic E-state index is 5.86. The van der Waals surface area contributed by atoms with E-state index in [0.29, 0.717) is 0 Å². The van der Waals surface area contributed by atoms with Crippen LogP contribution in [0.4, 0.5) is 5.69 Å². The summed E-state index contributed by atoms with van der Waals surface area (Å²) in [4.78, 5) is 0. The molecule has 6 heteroatoms. The summed E-state index contributed by atoms with van der Waals surface area (Å²) in [5.74, 6) is 0. The molecule has 5 nitrogen and oxygen atoms in total. The maximum atomic E-state index is 5.86. The molecule has 0 fully saturated rings. The van der Waals surface area contributed by atoms with Gasteiger partial charge in [-0.2, -0.15) is 0 Å². The molecule has 1 N–H and O–H groups in total. The first-order valence-electron chi connectivity index (χ1n) is 6.13. The van der Waals surface area contributed by atoms with Crippen molar-refractivity contribution in [1.82, 2.24) is 20.2 Å². The van der Waals surface area contributed by atoms with Gasteiger partial charge in [0.25, 0.3) is 0 Å². The summed E-state index contributed by atoms with van der Waals surface area (Å²) in [6.45, 7) is 0.751. The van der Waals surface area contributed by atoms with Crippen molar-refractivity contribution in [3.05, 3.63) is 65.4 Å². The predicted molar refractivity (Wildman–Crippen MR) is 77.9 cm³/mol. The normalized spacial score (nSPS) is 10.4. The van der Waals surface area contributed by atoms with Crippen molar-refractivity contribution in [3.63, 3.8) is 0 Å². The van der Waals surface area contributed by atoms with Gasteiger partial charge in [0.2, 0.25) is 0 Å². The second-order valence-corrected chi connectivity index (χ2v) is 4.72. The lowest BCUT2D eigenvalue weighted by atomic mass is 10.2. The quantitative estimate of drug-likeness (QED) is 0.801. The molecule has 3 aromatic rings. The van der Waals surface area contributed by atoms with Gasteiger partial charge in [0, 0.05) is 17.3 Å². The molecule has 0 aliphatic rings. The number of halogens is 1. The number of tetrazole rings is 1. The molecule has 0 amide bonds. The Morgan fingerprint density at radius 3 is 2.40 bits per heavy atom. The van der Waals surface area contributed by atoms with E-state index < -0.39 is 0 Å². The van der Waals surface area contributed by atoms with E-state index in [0.717, 1.165) is 22.9 Å². The van der Waals surface area contributed by atoms with Gasteiger partial charge in [-0.05, 0) is 52.4 Å². The third-order valence-corrected chi connectivity index (χ3v) is 3.14. The second kappa shape index (κ2) is 5.71. The van der Waals surface area contributed by atoms with Crippen molar-refractivity contribution >= 4 is 17.3 Å². The van der Waals surface area contributed by atoms with Crippen LogP contribution in [-0.2, 0) is 6.54 Å². The standard InChI is InChI=1S/C14H12ClN5/c15-12-3-1-11(2-4-12)9-16-13-5-7-14(8-6-13)20-10-17-18-19-20/h1-8,10,16H,9H2. The van der Waals surface area contributed by atoms with Gasteiger partial charge in [-0.3, -0.25) is 0 Å². The smallest absolute Gasteiger partial charge is 0.143 e. The van der Waals surface area contributed by atoms with Crippen LogP contribution in [0.15, 0.2) is 54.9 Å². The summed E-state index contributed by atoms with van der Waals surface area (Å²) in [5.41, 5.74) is 3.14. The second-order valence-electron chi connectivity index (χ2n) is 4.28. The highest BCUT2D eigenvalue weighted by Crippen LogP contribution is 2.14. The number of nitrogens with zero attached hydrogens (tertiary/aromatic N) is 4. The Balaban J connectivity index is 1.65. The fourth-order valence-electron chi connectivity index (χ4n) is 1.82.